The molecule has 3 aromatic carbocycles. The average molecular weight is 364 g/mol. The topological polar surface area (TPSA) is 70.6 Å². The first-order chi connectivity index (χ1) is 12.6. The van der Waals surface area contributed by atoms with Gasteiger partial charge in [-0.3, -0.25) is 0 Å². The van der Waals surface area contributed by atoms with Gasteiger partial charge in [0.05, 0.1) is 0 Å². The van der Waals surface area contributed by atoms with Gasteiger partial charge in [0.25, 0.3) is 0 Å². The van der Waals surface area contributed by atoms with Crippen molar-refractivity contribution >= 4 is 34.7 Å². The van der Waals surface area contributed by atoms with Gasteiger partial charge in [-0.2, -0.15) is 0 Å². The van der Waals surface area contributed by atoms with Crippen LogP contribution in [0.15, 0.2) is 78.9 Å². The number of phenols is 1. The molecule has 0 unspecified atom stereocenters. The van der Waals surface area contributed by atoms with Crippen LogP contribution in [0.3, 0.4) is 0 Å². The predicted molar refractivity (Wildman–Crippen MR) is 106 cm³/mol. The quantitative estimate of drug-likeness (QED) is 0.362. The van der Waals surface area contributed by atoms with Crippen LogP contribution in [0.25, 0.3) is 0 Å². The summed E-state index contributed by atoms with van der Waals surface area (Å²) in [5, 5.41) is 16.5. The lowest BCUT2D eigenvalue weighted by Crippen LogP contribution is -2.19. The Bertz CT molecular complexity index is 915. The van der Waals surface area contributed by atoms with Crippen LogP contribution in [0.2, 0.25) is 0 Å². The molecule has 5 nitrogen and oxygen atoms in total. The Labute approximate surface area is 156 Å². The van der Waals surface area contributed by atoms with Crippen LogP contribution in [0.4, 0.5) is 11.4 Å². The summed E-state index contributed by atoms with van der Waals surface area (Å²) < 4.78 is 5.22. The van der Waals surface area contributed by atoms with Crippen LogP contribution in [0.5, 0.6) is 11.5 Å². The number of ether oxygens (including phenoxy) is 1. The van der Waals surface area contributed by atoms with Crippen LogP contribution in [-0.4, -0.2) is 16.2 Å². The Morgan fingerprint density at radius 1 is 0.846 bits per heavy atom. The fraction of sp³-hybridized carbons (Fsp3) is 0. The molecule has 3 rings (SSSR count). The number of aromatic hydroxyl groups is 1. The van der Waals surface area contributed by atoms with Gasteiger partial charge in [0.15, 0.2) is 5.11 Å². The van der Waals surface area contributed by atoms with E-state index in [9.17, 15) is 9.90 Å². The molecule has 0 spiro atoms. The van der Waals surface area contributed by atoms with Crippen molar-refractivity contribution in [2.24, 2.45) is 0 Å². The van der Waals surface area contributed by atoms with Crippen LogP contribution in [0.1, 0.15) is 10.4 Å². The molecule has 0 aliphatic carbocycles. The summed E-state index contributed by atoms with van der Waals surface area (Å²) in [7, 11) is 0. The minimum absolute atomic E-state index is 0.0707. The van der Waals surface area contributed by atoms with E-state index < -0.39 is 5.97 Å². The minimum Gasteiger partial charge on any atom is -0.507 e. The Balaban J connectivity index is 1.65. The molecular weight excluding hydrogens is 348 g/mol. The first-order valence-electron chi connectivity index (χ1n) is 7.85. The monoisotopic (exact) mass is 364 g/mol. The number of carbonyl (C=O) groups is 1. The average Bonchev–Trinajstić information content (AvgIpc) is 2.63. The summed E-state index contributed by atoms with van der Waals surface area (Å²) in [6.07, 6.45) is 0. The number of nitrogens with one attached hydrogen (secondary N) is 2. The van der Waals surface area contributed by atoms with Crippen LogP contribution < -0.4 is 15.4 Å². The Kier molecular flexibility index (Phi) is 5.46. The third kappa shape index (κ3) is 4.58. The molecule has 130 valence electrons. The van der Waals surface area contributed by atoms with Gasteiger partial charge < -0.3 is 20.5 Å². The molecule has 3 N–H and O–H groups in total. The highest BCUT2D eigenvalue weighted by molar-refractivity contribution is 7.80. The number of hydrogen-bond acceptors (Lipinski definition) is 4. The second-order valence-corrected chi connectivity index (χ2v) is 5.79. The number of hydrogen-bond donors (Lipinski definition) is 3. The van der Waals surface area contributed by atoms with Crippen LogP contribution in [0, 0.1) is 0 Å². The summed E-state index contributed by atoms with van der Waals surface area (Å²) in [4.78, 5) is 12.2. The van der Waals surface area contributed by atoms with Crippen molar-refractivity contribution in [1.82, 2.24) is 0 Å². The molecule has 0 radical (unpaired) electrons. The van der Waals surface area contributed by atoms with Crippen LogP contribution in [-0.2, 0) is 0 Å². The standard InChI is InChI=1S/C20H16N2O3S/c23-18-13-15(22-20(26)21-14-7-3-1-4-8-14)11-12-17(18)19(24)25-16-9-5-2-6-10-16/h1-13,23H,(H2,21,22,26). The van der Waals surface area contributed by atoms with E-state index in [4.69, 9.17) is 17.0 Å². The second kappa shape index (κ2) is 8.13. The summed E-state index contributed by atoms with van der Waals surface area (Å²) >= 11 is 5.24. The van der Waals surface area contributed by atoms with Crippen LogP contribution >= 0.6 is 12.2 Å². The first-order valence-corrected chi connectivity index (χ1v) is 8.26. The SMILES string of the molecule is O=C(Oc1ccccc1)c1ccc(NC(=S)Nc2ccccc2)cc1O. The summed E-state index contributed by atoms with van der Waals surface area (Å²) in [6, 6.07) is 22.7. The van der Waals surface area contributed by atoms with Gasteiger partial charge in [-0.15, -0.1) is 0 Å². The van der Waals surface area contributed by atoms with Crippen molar-refractivity contribution in [2.45, 2.75) is 0 Å². The van der Waals surface area contributed by atoms with E-state index in [2.05, 4.69) is 10.6 Å². The number of carbonyl (C=O) groups excluding carboxylic acids is 1. The van der Waals surface area contributed by atoms with E-state index in [-0.39, 0.29) is 11.3 Å². The van der Waals surface area contributed by atoms with Crippen molar-refractivity contribution in [3.05, 3.63) is 84.4 Å². The van der Waals surface area contributed by atoms with Gasteiger partial charge >= 0.3 is 5.97 Å². The fourth-order valence-corrected chi connectivity index (χ4v) is 2.48. The molecule has 0 atom stereocenters. The maximum absolute atomic E-state index is 12.2. The summed E-state index contributed by atoms with van der Waals surface area (Å²) in [5.74, 6) is -0.420. The zero-order chi connectivity index (χ0) is 18.4. The van der Waals surface area contributed by atoms with Crippen molar-refractivity contribution in [2.75, 3.05) is 10.6 Å². The summed E-state index contributed by atoms with van der Waals surface area (Å²) in [6.45, 7) is 0. The zero-order valence-corrected chi connectivity index (χ0v) is 14.5. The number of benzene rings is 3. The zero-order valence-electron chi connectivity index (χ0n) is 13.7. The number of esters is 1. The second-order valence-electron chi connectivity index (χ2n) is 5.38. The van der Waals surface area contributed by atoms with Gasteiger partial charge in [-0.1, -0.05) is 36.4 Å². The van der Waals surface area contributed by atoms with Gasteiger partial charge in [-0.25, -0.2) is 4.79 Å². The highest BCUT2D eigenvalue weighted by atomic mass is 32.1. The maximum atomic E-state index is 12.2. The van der Waals surface area contributed by atoms with E-state index in [1.165, 1.54) is 12.1 Å². The van der Waals surface area contributed by atoms with Crippen molar-refractivity contribution < 1.29 is 14.6 Å². The predicted octanol–water partition coefficient (Wildman–Crippen LogP) is 4.42. The third-order valence-corrected chi connectivity index (χ3v) is 3.67. The molecule has 3 aromatic rings. The number of rotatable bonds is 4. The smallest absolute Gasteiger partial charge is 0.347 e. The molecule has 0 bridgehead atoms. The van der Waals surface area contributed by atoms with E-state index >= 15 is 0 Å². The molecule has 0 fully saturated rings. The minimum atomic E-state index is -0.634. The summed E-state index contributed by atoms with van der Waals surface area (Å²) in [5.41, 5.74) is 1.46. The molecule has 6 heteroatoms. The van der Waals surface area contributed by atoms with Gasteiger partial charge in [0, 0.05) is 17.4 Å². The highest BCUT2D eigenvalue weighted by Gasteiger charge is 2.14. The first kappa shape index (κ1) is 17.4. The molecule has 0 aliphatic rings. The molecule has 0 saturated heterocycles. The van der Waals surface area contributed by atoms with E-state index in [0.717, 1.165) is 5.69 Å². The number of phenolic OH excluding ortho intramolecular Hbond substituents is 1. The van der Waals surface area contributed by atoms with Gasteiger partial charge in [-0.05, 0) is 48.6 Å². The maximum Gasteiger partial charge on any atom is 0.347 e. The fourth-order valence-electron chi connectivity index (χ4n) is 2.25. The molecule has 0 saturated carbocycles. The lowest BCUT2D eigenvalue weighted by Gasteiger charge is -2.12. The lowest BCUT2D eigenvalue weighted by atomic mass is 10.2. The van der Waals surface area contributed by atoms with Crippen molar-refractivity contribution in [3.8, 4) is 11.5 Å². The Morgan fingerprint density at radius 2 is 1.46 bits per heavy atom. The highest BCUT2D eigenvalue weighted by Crippen LogP contribution is 2.24. The lowest BCUT2D eigenvalue weighted by molar-refractivity contribution is 0.0731. The number of para-hydroxylation sites is 2. The molecule has 26 heavy (non-hydrogen) atoms. The van der Waals surface area contributed by atoms with E-state index in [0.29, 0.717) is 16.5 Å². The molecule has 0 aromatic heterocycles. The van der Waals surface area contributed by atoms with Gasteiger partial charge in [0.2, 0.25) is 0 Å². The number of anilines is 2. The van der Waals surface area contributed by atoms with E-state index in [1.807, 2.05) is 36.4 Å². The van der Waals surface area contributed by atoms with Crippen molar-refractivity contribution in [1.29, 1.82) is 0 Å². The Hall–Kier alpha value is -3.38. The van der Waals surface area contributed by atoms with E-state index in [1.54, 1.807) is 30.3 Å². The normalized spacial score (nSPS) is 10.0. The molecule has 0 amide bonds. The van der Waals surface area contributed by atoms with Gasteiger partial charge in [0.1, 0.15) is 17.1 Å². The molecule has 0 heterocycles. The molecule has 0 aliphatic heterocycles. The largest absolute Gasteiger partial charge is 0.507 e. The third-order valence-electron chi connectivity index (χ3n) is 3.46. The Morgan fingerprint density at radius 3 is 2.12 bits per heavy atom. The van der Waals surface area contributed by atoms with Crippen molar-refractivity contribution in [3.63, 3.8) is 0 Å². The number of thiocarbonyl (C=S) groups is 1. The molecular formula is C20H16N2O3S.